The minimum atomic E-state index is 0.414. The highest BCUT2D eigenvalue weighted by molar-refractivity contribution is 5.28. The summed E-state index contributed by atoms with van der Waals surface area (Å²) in [4.78, 5) is 4.96. The molecule has 0 aromatic heterocycles. The van der Waals surface area contributed by atoms with Gasteiger partial charge in [-0.3, -0.25) is 9.80 Å². The summed E-state index contributed by atoms with van der Waals surface area (Å²) < 4.78 is 0. The smallest absolute Gasteiger partial charge is 0.0543 e. The van der Waals surface area contributed by atoms with Gasteiger partial charge in [0.2, 0.25) is 0 Å². The average molecular weight is 266 g/mol. The molecule has 1 saturated heterocycles. The van der Waals surface area contributed by atoms with Gasteiger partial charge in [-0.15, -0.1) is 0 Å². The summed E-state index contributed by atoms with van der Waals surface area (Å²) in [5, 5.41) is 0. The molecule has 0 saturated carbocycles. The van der Waals surface area contributed by atoms with Crippen molar-refractivity contribution in [2.45, 2.75) is 12.1 Å². The monoisotopic (exact) mass is 266 g/mol. The molecule has 2 nitrogen and oxygen atoms in total. The zero-order chi connectivity index (χ0) is 13.9. The zero-order valence-electron chi connectivity index (χ0n) is 12.2. The molecule has 2 aromatic carbocycles. The summed E-state index contributed by atoms with van der Waals surface area (Å²) in [5.41, 5.74) is 2.80. The highest BCUT2D eigenvalue weighted by atomic mass is 15.3. The van der Waals surface area contributed by atoms with Gasteiger partial charge >= 0.3 is 0 Å². The first kappa shape index (κ1) is 13.3. The fraction of sp³-hybridized carbons (Fsp3) is 0.333. The summed E-state index contributed by atoms with van der Waals surface area (Å²) in [5.74, 6) is 0. The fourth-order valence-electron chi connectivity index (χ4n) is 3.25. The van der Waals surface area contributed by atoms with Crippen LogP contribution in [0, 0.1) is 0 Å². The van der Waals surface area contributed by atoms with Crippen molar-refractivity contribution in [1.82, 2.24) is 9.80 Å². The summed E-state index contributed by atoms with van der Waals surface area (Å²) in [6, 6.07) is 22.6. The lowest BCUT2D eigenvalue weighted by atomic mass is 9.89. The second-order valence-electron chi connectivity index (χ2n) is 5.67. The maximum absolute atomic E-state index is 2.48. The van der Waals surface area contributed by atoms with Crippen molar-refractivity contribution in [1.29, 1.82) is 0 Å². The van der Waals surface area contributed by atoms with Gasteiger partial charge in [-0.2, -0.15) is 0 Å². The Morgan fingerprint density at radius 2 is 1.00 bits per heavy atom. The average Bonchev–Trinajstić information content (AvgIpc) is 2.51. The third-order valence-electron chi connectivity index (χ3n) is 4.34. The van der Waals surface area contributed by atoms with Crippen LogP contribution in [0.15, 0.2) is 60.7 Å². The molecular weight excluding hydrogens is 244 g/mol. The lowest BCUT2D eigenvalue weighted by Gasteiger charge is -2.45. The van der Waals surface area contributed by atoms with Crippen LogP contribution in [0.2, 0.25) is 0 Å². The number of piperazine rings is 1. The van der Waals surface area contributed by atoms with Crippen LogP contribution in [0.3, 0.4) is 0 Å². The van der Waals surface area contributed by atoms with Crippen LogP contribution in [0.1, 0.15) is 23.2 Å². The van der Waals surface area contributed by atoms with E-state index in [1.165, 1.54) is 11.1 Å². The molecule has 3 rings (SSSR count). The van der Waals surface area contributed by atoms with E-state index < -0.39 is 0 Å². The maximum Gasteiger partial charge on any atom is 0.0543 e. The van der Waals surface area contributed by atoms with E-state index in [0.717, 1.165) is 13.1 Å². The molecule has 1 aliphatic heterocycles. The number of likely N-dealkylation sites (N-methyl/N-ethyl adjacent to an activating group) is 2. The molecule has 0 N–H and O–H groups in total. The van der Waals surface area contributed by atoms with Crippen molar-refractivity contribution in [2.24, 2.45) is 0 Å². The first-order chi connectivity index (χ1) is 9.77. The van der Waals surface area contributed by atoms with E-state index in [9.17, 15) is 0 Å². The quantitative estimate of drug-likeness (QED) is 0.822. The van der Waals surface area contributed by atoms with Gasteiger partial charge in [0.15, 0.2) is 0 Å². The van der Waals surface area contributed by atoms with E-state index in [4.69, 9.17) is 0 Å². The Balaban J connectivity index is 2.02. The largest absolute Gasteiger partial charge is 0.296 e. The van der Waals surface area contributed by atoms with Gasteiger partial charge < -0.3 is 0 Å². The molecule has 104 valence electrons. The number of hydrogen-bond donors (Lipinski definition) is 0. The molecular formula is C18H22N2. The fourth-order valence-corrected chi connectivity index (χ4v) is 3.25. The molecule has 2 atom stereocenters. The predicted octanol–water partition coefficient (Wildman–Crippen LogP) is 3.35. The minimum Gasteiger partial charge on any atom is -0.296 e. The first-order valence-corrected chi connectivity index (χ1v) is 7.28. The highest BCUT2D eigenvalue weighted by Gasteiger charge is 2.34. The molecule has 1 fully saturated rings. The van der Waals surface area contributed by atoms with Crippen LogP contribution in [0.25, 0.3) is 0 Å². The molecule has 0 aliphatic carbocycles. The third kappa shape index (κ3) is 2.49. The van der Waals surface area contributed by atoms with Crippen LogP contribution in [-0.2, 0) is 0 Å². The van der Waals surface area contributed by atoms with E-state index in [-0.39, 0.29) is 0 Å². The van der Waals surface area contributed by atoms with Crippen LogP contribution < -0.4 is 0 Å². The van der Waals surface area contributed by atoms with E-state index in [1.54, 1.807) is 0 Å². The van der Waals surface area contributed by atoms with Gasteiger partial charge in [0.1, 0.15) is 0 Å². The van der Waals surface area contributed by atoms with Gasteiger partial charge in [0.05, 0.1) is 12.1 Å². The Morgan fingerprint density at radius 3 is 1.35 bits per heavy atom. The van der Waals surface area contributed by atoms with E-state index in [2.05, 4.69) is 84.6 Å². The molecule has 1 aliphatic rings. The molecule has 0 radical (unpaired) electrons. The second kappa shape index (κ2) is 5.78. The lowest BCUT2D eigenvalue weighted by molar-refractivity contribution is 0.0510. The zero-order valence-corrected chi connectivity index (χ0v) is 12.2. The molecule has 0 spiro atoms. The molecule has 2 unspecified atom stereocenters. The third-order valence-corrected chi connectivity index (χ3v) is 4.34. The predicted molar refractivity (Wildman–Crippen MR) is 83.6 cm³/mol. The lowest BCUT2D eigenvalue weighted by Crippen LogP contribution is -2.47. The molecule has 20 heavy (non-hydrogen) atoms. The van der Waals surface area contributed by atoms with E-state index in [1.807, 2.05) is 0 Å². The first-order valence-electron chi connectivity index (χ1n) is 7.28. The van der Waals surface area contributed by atoms with Gasteiger partial charge in [-0.25, -0.2) is 0 Å². The number of nitrogens with zero attached hydrogens (tertiary/aromatic N) is 2. The summed E-state index contributed by atoms with van der Waals surface area (Å²) in [7, 11) is 4.47. The Hall–Kier alpha value is -1.64. The standard InChI is InChI=1S/C18H22N2/c1-19-13-14-20(2)18(16-11-7-4-8-12-16)17(19)15-9-5-3-6-10-15/h3-12,17-18H,13-14H2,1-2H3. The molecule has 0 bridgehead atoms. The topological polar surface area (TPSA) is 6.48 Å². The minimum absolute atomic E-state index is 0.414. The Bertz CT molecular complexity index is 486. The van der Waals surface area contributed by atoms with Gasteiger partial charge in [-0.1, -0.05) is 60.7 Å². The van der Waals surface area contributed by atoms with Crippen molar-refractivity contribution in [3.8, 4) is 0 Å². The number of rotatable bonds is 2. The van der Waals surface area contributed by atoms with Crippen LogP contribution in [-0.4, -0.2) is 37.0 Å². The maximum atomic E-state index is 2.48. The van der Waals surface area contributed by atoms with Crippen LogP contribution in [0.5, 0.6) is 0 Å². The van der Waals surface area contributed by atoms with Gasteiger partial charge in [0.25, 0.3) is 0 Å². The van der Waals surface area contributed by atoms with E-state index in [0.29, 0.717) is 12.1 Å². The van der Waals surface area contributed by atoms with Gasteiger partial charge in [-0.05, 0) is 25.2 Å². The van der Waals surface area contributed by atoms with Crippen molar-refractivity contribution >= 4 is 0 Å². The molecule has 2 aromatic rings. The summed E-state index contributed by atoms with van der Waals surface area (Å²) in [6.07, 6.45) is 0. The number of hydrogen-bond acceptors (Lipinski definition) is 2. The molecule has 2 heteroatoms. The molecule has 1 heterocycles. The van der Waals surface area contributed by atoms with Crippen molar-refractivity contribution in [2.75, 3.05) is 27.2 Å². The summed E-state index contributed by atoms with van der Waals surface area (Å²) in [6.45, 7) is 2.22. The van der Waals surface area contributed by atoms with Crippen molar-refractivity contribution in [3.63, 3.8) is 0 Å². The van der Waals surface area contributed by atoms with E-state index >= 15 is 0 Å². The second-order valence-corrected chi connectivity index (χ2v) is 5.67. The highest BCUT2D eigenvalue weighted by Crippen LogP contribution is 2.39. The Morgan fingerprint density at radius 1 is 0.650 bits per heavy atom. The van der Waals surface area contributed by atoms with Crippen molar-refractivity contribution in [3.05, 3.63) is 71.8 Å². The van der Waals surface area contributed by atoms with Crippen LogP contribution >= 0.6 is 0 Å². The summed E-state index contributed by atoms with van der Waals surface area (Å²) >= 11 is 0. The van der Waals surface area contributed by atoms with Gasteiger partial charge in [0, 0.05) is 13.1 Å². The Kier molecular flexibility index (Phi) is 3.86. The SMILES string of the molecule is CN1CCN(C)C(c2ccccc2)C1c1ccccc1. The Labute approximate surface area is 121 Å². The number of benzene rings is 2. The molecule has 0 amide bonds. The van der Waals surface area contributed by atoms with Crippen LogP contribution in [0.4, 0.5) is 0 Å². The normalized spacial score (nSPS) is 24.7. The van der Waals surface area contributed by atoms with Crippen molar-refractivity contribution < 1.29 is 0 Å².